The van der Waals surface area contributed by atoms with E-state index in [1.54, 1.807) is 0 Å². The van der Waals surface area contributed by atoms with E-state index in [1.807, 2.05) is 0 Å². The second-order valence-electron chi connectivity index (χ2n) is 2.66. The highest BCUT2D eigenvalue weighted by atomic mass is 16.7. The predicted octanol–water partition coefficient (Wildman–Crippen LogP) is -0.724. The van der Waals surface area contributed by atoms with Crippen LogP contribution in [0.4, 0.5) is 0 Å². The Morgan fingerprint density at radius 1 is 1.33 bits per heavy atom. The molecule has 0 fully saturated rings. The van der Waals surface area contributed by atoms with E-state index in [9.17, 15) is 19.5 Å². The van der Waals surface area contributed by atoms with Crippen molar-refractivity contribution in [1.82, 2.24) is 0 Å². The van der Waals surface area contributed by atoms with Gasteiger partial charge >= 0.3 is 23.7 Å². The van der Waals surface area contributed by atoms with Crippen molar-refractivity contribution in [2.75, 3.05) is 6.61 Å². The fourth-order valence-electron chi connectivity index (χ4n) is 0.801. The summed E-state index contributed by atoms with van der Waals surface area (Å²) in [6, 6.07) is 0. The third kappa shape index (κ3) is 4.41. The summed E-state index contributed by atoms with van der Waals surface area (Å²) in [5.41, 5.74) is 0. The number of aliphatic hydroxyl groups is 1. The SMILES string of the molecule is CCOC(=O)CC(O)(OC(C)=O)C(=O)O. The van der Waals surface area contributed by atoms with Gasteiger partial charge in [-0.25, -0.2) is 4.79 Å². The van der Waals surface area contributed by atoms with Crippen molar-refractivity contribution in [3.8, 4) is 0 Å². The van der Waals surface area contributed by atoms with Crippen LogP contribution in [0, 0.1) is 0 Å². The molecule has 0 aromatic rings. The summed E-state index contributed by atoms with van der Waals surface area (Å²) >= 11 is 0. The molecule has 0 radical (unpaired) electrons. The number of carbonyl (C=O) groups excluding carboxylic acids is 2. The van der Waals surface area contributed by atoms with Crippen molar-refractivity contribution in [3.63, 3.8) is 0 Å². The number of carboxylic acid groups (broad SMARTS) is 1. The Hall–Kier alpha value is -1.63. The Balaban J connectivity index is 4.58. The van der Waals surface area contributed by atoms with E-state index in [0.29, 0.717) is 0 Å². The lowest BCUT2D eigenvalue weighted by Crippen LogP contribution is -2.45. The molecule has 0 aliphatic rings. The lowest BCUT2D eigenvalue weighted by Gasteiger charge is -2.21. The van der Waals surface area contributed by atoms with Crippen LogP contribution in [-0.4, -0.2) is 40.5 Å². The monoisotopic (exact) mass is 220 g/mol. The van der Waals surface area contributed by atoms with Gasteiger partial charge < -0.3 is 19.7 Å². The Bertz CT molecular complexity index is 272. The molecule has 1 unspecified atom stereocenters. The van der Waals surface area contributed by atoms with Crippen LogP contribution in [0.1, 0.15) is 20.3 Å². The van der Waals surface area contributed by atoms with E-state index in [1.165, 1.54) is 6.92 Å². The maximum Gasteiger partial charge on any atom is 0.377 e. The third-order valence-corrected chi connectivity index (χ3v) is 1.34. The molecule has 0 saturated heterocycles. The first-order chi connectivity index (χ1) is 6.81. The van der Waals surface area contributed by atoms with E-state index >= 15 is 0 Å². The zero-order valence-electron chi connectivity index (χ0n) is 8.35. The van der Waals surface area contributed by atoms with Crippen molar-refractivity contribution >= 4 is 17.9 Å². The highest BCUT2D eigenvalue weighted by Crippen LogP contribution is 2.14. The Kier molecular flexibility index (Phi) is 4.72. The molecule has 86 valence electrons. The normalized spacial score (nSPS) is 13.8. The topological polar surface area (TPSA) is 110 Å². The van der Waals surface area contributed by atoms with Crippen LogP contribution in [0.15, 0.2) is 0 Å². The summed E-state index contributed by atoms with van der Waals surface area (Å²) in [4.78, 5) is 32.0. The molecule has 0 heterocycles. The lowest BCUT2D eigenvalue weighted by atomic mass is 10.2. The number of rotatable bonds is 5. The van der Waals surface area contributed by atoms with E-state index in [2.05, 4.69) is 9.47 Å². The van der Waals surface area contributed by atoms with Crippen molar-refractivity contribution in [1.29, 1.82) is 0 Å². The van der Waals surface area contributed by atoms with Gasteiger partial charge in [0.05, 0.1) is 6.61 Å². The number of esters is 2. The number of ether oxygens (including phenoxy) is 2. The third-order valence-electron chi connectivity index (χ3n) is 1.34. The van der Waals surface area contributed by atoms with Gasteiger partial charge in [0, 0.05) is 6.92 Å². The molecule has 2 N–H and O–H groups in total. The van der Waals surface area contributed by atoms with Crippen molar-refractivity contribution in [3.05, 3.63) is 0 Å². The summed E-state index contributed by atoms with van der Waals surface area (Å²) in [5, 5.41) is 17.9. The van der Waals surface area contributed by atoms with Crippen molar-refractivity contribution in [2.24, 2.45) is 0 Å². The van der Waals surface area contributed by atoms with Crippen LogP contribution in [0.25, 0.3) is 0 Å². The molecule has 1 atom stereocenters. The second-order valence-corrected chi connectivity index (χ2v) is 2.66. The van der Waals surface area contributed by atoms with Crippen molar-refractivity contribution in [2.45, 2.75) is 26.1 Å². The van der Waals surface area contributed by atoms with E-state index < -0.39 is 30.1 Å². The summed E-state index contributed by atoms with van der Waals surface area (Å²) in [7, 11) is 0. The van der Waals surface area contributed by atoms with Crippen LogP contribution < -0.4 is 0 Å². The van der Waals surface area contributed by atoms with Gasteiger partial charge in [0.2, 0.25) is 0 Å². The summed E-state index contributed by atoms with van der Waals surface area (Å²) in [6.07, 6.45) is -0.949. The van der Waals surface area contributed by atoms with Gasteiger partial charge in [-0.2, -0.15) is 0 Å². The number of aliphatic carboxylic acids is 1. The van der Waals surface area contributed by atoms with Gasteiger partial charge in [0.15, 0.2) is 0 Å². The highest BCUT2D eigenvalue weighted by molar-refractivity contribution is 5.85. The molecule has 0 spiro atoms. The Morgan fingerprint density at radius 3 is 2.20 bits per heavy atom. The standard InChI is InChI=1S/C8H12O7/c1-3-14-6(10)4-8(13,7(11)12)15-5(2)9/h13H,3-4H2,1-2H3,(H,11,12). The molecule has 0 rings (SSSR count). The molecule has 0 bridgehead atoms. The Labute approximate surface area is 85.6 Å². The first-order valence-corrected chi connectivity index (χ1v) is 4.12. The summed E-state index contributed by atoms with van der Waals surface area (Å²) in [5.74, 6) is -6.67. The molecular weight excluding hydrogens is 208 g/mol. The molecule has 0 aromatic carbocycles. The van der Waals surface area contributed by atoms with Gasteiger partial charge in [-0.3, -0.25) is 9.59 Å². The second kappa shape index (κ2) is 5.30. The first kappa shape index (κ1) is 13.4. The Morgan fingerprint density at radius 2 is 1.87 bits per heavy atom. The first-order valence-electron chi connectivity index (χ1n) is 4.12. The zero-order valence-corrected chi connectivity index (χ0v) is 8.35. The molecule has 0 aliphatic carbocycles. The minimum atomic E-state index is -2.86. The minimum Gasteiger partial charge on any atom is -0.476 e. The van der Waals surface area contributed by atoms with Gasteiger partial charge in [0.1, 0.15) is 6.42 Å². The number of hydrogen-bond donors (Lipinski definition) is 2. The zero-order chi connectivity index (χ0) is 12.1. The van der Waals surface area contributed by atoms with Crippen LogP contribution in [0.2, 0.25) is 0 Å². The van der Waals surface area contributed by atoms with Crippen LogP contribution in [0.5, 0.6) is 0 Å². The molecule has 7 heteroatoms. The van der Waals surface area contributed by atoms with Gasteiger partial charge in [-0.15, -0.1) is 0 Å². The predicted molar refractivity (Wildman–Crippen MR) is 45.6 cm³/mol. The number of carboxylic acids is 1. The fraction of sp³-hybridized carbons (Fsp3) is 0.625. The molecule has 0 aliphatic heterocycles. The van der Waals surface area contributed by atoms with E-state index in [4.69, 9.17) is 5.11 Å². The average molecular weight is 220 g/mol. The summed E-state index contributed by atoms with van der Waals surface area (Å²) in [6.45, 7) is 2.47. The maximum absolute atomic E-state index is 10.9. The average Bonchev–Trinajstić information content (AvgIpc) is 2.01. The van der Waals surface area contributed by atoms with Gasteiger partial charge in [-0.05, 0) is 6.92 Å². The minimum absolute atomic E-state index is 0.0363. The molecule has 0 amide bonds. The smallest absolute Gasteiger partial charge is 0.377 e. The molecule has 15 heavy (non-hydrogen) atoms. The van der Waals surface area contributed by atoms with Crippen LogP contribution in [-0.2, 0) is 23.9 Å². The number of hydrogen-bond acceptors (Lipinski definition) is 6. The lowest BCUT2D eigenvalue weighted by molar-refractivity contribution is -0.226. The summed E-state index contributed by atoms with van der Waals surface area (Å²) < 4.78 is 8.55. The van der Waals surface area contributed by atoms with Crippen LogP contribution in [0.3, 0.4) is 0 Å². The van der Waals surface area contributed by atoms with Crippen molar-refractivity contribution < 1.29 is 34.1 Å². The van der Waals surface area contributed by atoms with Gasteiger partial charge in [0.25, 0.3) is 0 Å². The number of carbonyl (C=O) groups is 3. The molecular formula is C8H12O7. The van der Waals surface area contributed by atoms with E-state index in [-0.39, 0.29) is 6.61 Å². The van der Waals surface area contributed by atoms with Gasteiger partial charge in [-0.1, -0.05) is 0 Å². The quantitative estimate of drug-likeness (QED) is 0.464. The molecule has 7 nitrogen and oxygen atoms in total. The van der Waals surface area contributed by atoms with Crippen LogP contribution >= 0.6 is 0 Å². The fourth-order valence-corrected chi connectivity index (χ4v) is 0.801. The maximum atomic E-state index is 10.9. The highest BCUT2D eigenvalue weighted by Gasteiger charge is 2.42. The van der Waals surface area contributed by atoms with E-state index in [0.717, 1.165) is 6.92 Å². The molecule has 0 aromatic heterocycles. The molecule has 0 saturated carbocycles. The largest absolute Gasteiger partial charge is 0.476 e.